The number of aryl methyl sites for hydroxylation is 1. The number of hydrogen-bond acceptors (Lipinski definition) is 3. The Bertz CT molecular complexity index is 476. The third-order valence-electron chi connectivity index (χ3n) is 2.28. The largest absolute Gasteiger partial charge is 0.396 e. The van der Waals surface area contributed by atoms with Crippen molar-refractivity contribution >= 4 is 11.9 Å². The standard InChI is InChI=1S/C11H12N2O2/c14-6-2-4-10-7-13-5-1-3-9(8-15)11(13)12-10/h1,3,5,7-8,14H,2,4,6H2. The van der Waals surface area contributed by atoms with Crippen molar-refractivity contribution in [2.24, 2.45) is 0 Å². The molecular formula is C11H12N2O2. The molecule has 2 rings (SSSR count). The van der Waals surface area contributed by atoms with Crippen LogP contribution in [-0.2, 0) is 6.42 Å². The van der Waals surface area contributed by atoms with Crippen molar-refractivity contribution in [3.63, 3.8) is 0 Å². The molecule has 0 aliphatic carbocycles. The molecule has 0 fully saturated rings. The highest BCUT2D eigenvalue weighted by Gasteiger charge is 2.04. The molecule has 15 heavy (non-hydrogen) atoms. The number of aromatic nitrogens is 2. The van der Waals surface area contributed by atoms with Crippen LogP contribution in [0, 0.1) is 0 Å². The fraction of sp³-hybridized carbons (Fsp3) is 0.273. The van der Waals surface area contributed by atoms with E-state index in [1.807, 2.05) is 22.9 Å². The molecule has 0 bridgehead atoms. The average Bonchev–Trinajstić information content (AvgIpc) is 2.68. The zero-order valence-electron chi connectivity index (χ0n) is 8.26. The van der Waals surface area contributed by atoms with E-state index in [-0.39, 0.29) is 6.61 Å². The Labute approximate surface area is 87.2 Å². The number of nitrogens with zero attached hydrogens (tertiary/aromatic N) is 2. The maximum absolute atomic E-state index is 10.8. The summed E-state index contributed by atoms with van der Waals surface area (Å²) in [6, 6.07) is 3.55. The number of aldehydes is 1. The summed E-state index contributed by atoms with van der Waals surface area (Å²) in [7, 11) is 0. The fourth-order valence-electron chi connectivity index (χ4n) is 1.56. The Morgan fingerprint density at radius 2 is 2.40 bits per heavy atom. The highest BCUT2D eigenvalue weighted by Crippen LogP contribution is 2.10. The summed E-state index contributed by atoms with van der Waals surface area (Å²) in [5, 5.41) is 8.71. The van der Waals surface area contributed by atoms with E-state index in [0.717, 1.165) is 18.4 Å². The lowest BCUT2D eigenvalue weighted by Gasteiger charge is -1.93. The molecule has 2 aromatic heterocycles. The first-order chi connectivity index (χ1) is 7.35. The summed E-state index contributed by atoms with van der Waals surface area (Å²) in [5.74, 6) is 0. The third kappa shape index (κ3) is 1.89. The number of rotatable bonds is 4. The lowest BCUT2D eigenvalue weighted by Crippen LogP contribution is -1.89. The number of fused-ring (bicyclic) bond motifs is 1. The number of hydrogen-bond donors (Lipinski definition) is 1. The molecule has 4 nitrogen and oxygen atoms in total. The number of carbonyl (C=O) groups excluding carboxylic acids is 1. The molecule has 0 amide bonds. The van der Waals surface area contributed by atoms with Crippen LogP contribution in [0.1, 0.15) is 22.5 Å². The molecule has 1 N–H and O–H groups in total. The third-order valence-corrected chi connectivity index (χ3v) is 2.28. The van der Waals surface area contributed by atoms with Crippen molar-refractivity contribution in [3.8, 4) is 0 Å². The predicted molar refractivity (Wildman–Crippen MR) is 56.0 cm³/mol. The summed E-state index contributed by atoms with van der Waals surface area (Å²) in [4.78, 5) is 15.1. The van der Waals surface area contributed by atoms with E-state index in [4.69, 9.17) is 5.11 Å². The van der Waals surface area contributed by atoms with Crippen LogP contribution in [-0.4, -0.2) is 27.4 Å². The first-order valence-electron chi connectivity index (χ1n) is 4.88. The van der Waals surface area contributed by atoms with Crippen molar-refractivity contribution in [1.29, 1.82) is 0 Å². The minimum Gasteiger partial charge on any atom is -0.396 e. The predicted octanol–water partition coefficient (Wildman–Crippen LogP) is 1.07. The van der Waals surface area contributed by atoms with Crippen LogP contribution in [0.4, 0.5) is 0 Å². The Morgan fingerprint density at radius 3 is 3.13 bits per heavy atom. The van der Waals surface area contributed by atoms with Gasteiger partial charge in [0.25, 0.3) is 0 Å². The minimum atomic E-state index is 0.161. The molecule has 0 saturated heterocycles. The molecule has 2 aromatic rings. The molecule has 0 aliphatic heterocycles. The molecule has 4 heteroatoms. The van der Waals surface area contributed by atoms with Gasteiger partial charge in [0.15, 0.2) is 6.29 Å². The lowest BCUT2D eigenvalue weighted by atomic mass is 10.3. The number of pyridine rings is 1. The second kappa shape index (κ2) is 4.23. The van der Waals surface area contributed by atoms with Gasteiger partial charge < -0.3 is 9.51 Å². The highest BCUT2D eigenvalue weighted by molar-refractivity contribution is 5.83. The van der Waals surface area contributed by atoms with E-state index in [9.17, 15) is 4.79 Å². The van der Waals surface area contributed by atoms with Crippen molar-refractivity contribution in [3.05, 3.63) is 35.8 Å². The Balaban J connectivity index is 2.41. The van der Waals surface area contributed by atoms with E-state index >= 15 is 0 Å². The van der Waals surface area contributed by atoms with Crippen molar-refractivity contribution in [1.82, 2.24) is 9.38 Å². The molecule has 0 aromatic carbocycles. The van der Waals surface area contributed by atoms with E-state index < -0.39 is 0 Å². The summed E-state index contributed by atoms with van der Waals surface area (Å²) < 4.78 is 1.83. The molecule has 0 unspecified atom stereocenters. The first-order valence-corrected chi connectivity index (χ1v) is 4.88. The van der Waals surface area contributed by atoms with E-state index in [2.05, 4.69) is 4.98 Å². The summed E-state index contributed by atoms with van der Waals surface area (Å²) in [5.41, 5.74) is 2.17. The van der Waals surface area contributed by atoms with E-state index in [1.165, 1.54) is 0 Å². The number of aliphatic hydroxyl groups excluding tert-OH is 1. The van der Waals surface area contributed by atoms with Gasteiger partial charge in [-0.25, -0.2) is 4.98 Å². The number of imidazole rings is 1. The smallest absolute Gasteiger partial charge is 0.153 e. The highest BCUT2D eigenvalue weighted by atomic mass is 16.2. The summed E-state index contributed by atoms with van der Waals surface area (Å²) in [6.07, 6.45) is 5.98. The Hall–Kier alpha value is -1.68. The van der Waals surface area contributed by atoms with Crippen LogP contribution in [0.15, 0.2) is 24.5 Å². The zero-order chi connectivity index (χ0) is 10.7. The normalized spacial score (nSPS) is 10.7. The van der Waals surface area contributed by atoms with Gasteiger partial charge in [-0.2, -0.15) is 0 Å². The molecule has 0 radical (unpaired) electrons. The average molecular weight is 204 g/mol. The minimum absolute atomic E-state index is 0.161. The second-order valence-electron chi connectivity index (χ2n) is 3.37. The molecule has 78 valence electrons. The van der Waals surface area contributed by atoms with Crippen LogP contribution in [0.5, 0.6) is 0 Å². The Kier molecular flexibility index (Phi) is 2.78. The van der Waals surface area contributed by atoms with Gasteiger partial charge in [0, 0.05) is 19.0 Å². The van der Waals surface area contributed by atoms with Gasteiger partial charge in [-0.1, -0.05) is 0 Å². The molecule has 0 saturated carbocycles. The fourth-order valence-corrected chi connectivity index (χ4v) is 1.56. The van der Waals surface area contributed by atoms with Crippen molar-refractivity contribution in [2.75, 3.05) is 6.61 Å². The molecule has 0 spiro atoms. The number of carbonyl (C=O) groups is 1. The van der Waals surface area contributed by atoms with Gasteiger partial charge in [-0.05, 0) is 25.0 Å². The molecule has 0 atom stereocenters. The molecular weight excluding hydrogens is 192 g/mol. The van der Waals surface area contributed by atoms with Crippen LogP contribution in [0.2, 0.25) is 0 Å². The van der Waals surface area contributed by atoms with Crippen LogP contribution >= 0.6 is 0 Å². The van der Waals surface area contributed by atoms with Crippen LogP contribution in [0.3, 0.4) is 0 Å². The summed E-state index contributed by atoms with van der Waals surface area (Å²) in [6.45, 7) is 0.161. The van der Waals surface area contributed by atoms with E-state index in [0.29, 0.717) is 17.6 Å². The van der Waals surface area contributed by atoms with Crippen LogP contribution in [0.25, 0.3) is 5.65 Å². The SMILES string of the molecule is O=Cc1cccn2cc(CCCO)nc12. The quantitative estimate of drug-likeness (QED) is 0.758. The lowest BCUT2D eigenvalue weighted by molar-refractivity contribution is 0.112. The maximum Gasteiger partial charge on any atom is 0.153 e. The Morgan fingerprint density at radius 1 is 1.53 bits per heavy atom. The van der Waals surface area contributed by atoms with Gasteiger partial charge in [-0.15, -0.1) is 0 Å². The monoisotopic (exact) mass is 204 g/mol. The van der Waals surface area contributed by atoms with Crippen molar-refractivity contribution < 1.29 is 9.90 Å². The molecule has 2 heterocycles. The zero-order valence-corrected chi connectivity index (χ0v) is 8.26. The van der Waals surface area contributed by atoms with Crippen LogP contribution < -0.4 is 0 Å². The van der Waals surface area contributed by atoms with Gasteiger partial charge >= 0.3 is 0 Å². The van der Waals surface area contributed by atoms with E-state index in [1.54, 1.807) is 6.07 Å². The van der Waals surface area contributed by atoms with Crippen molar-refractivity contribution in [2.45, 2.75) is 12.8 Å². The number of aliphatic hydroxyl groups is 1. The maximum atomic E-state index is 10.8. The van der Waals surface area contributed by atoms with Gasteiger partial charge in [0.1, 0.15) is 5.65 Å². The molecule has 0 aliphatic rings. The first kappa shape index (κ1) is 9.86. The van der Waals surface area contributed by atoms with Gasteiger partial charge in [0.2, 0.25) is 0 Å². The summed E-state index contributed by atoms with van der Waals surface area (Å²) >= 11 is 0. The second-order valence-corrected chi connectivity index (χ2v) is 3.37. The van der Waals surface area contributed by atoms with Gasteiger partial charge in [0.05, 0.1) is 11.3 Å². The topological polar surface area (TPSA) is 54.6 Å². The van der Waals surface area contributed by atoms with Gasteiger partial charge in [-0.3, -0.25) is 4.79 Å².